The first-order chi connectivity index (χ1) is 14.1. The monoisotopic (exact) mass is 385 g/mol. The van der Waals surface area contributed by atoms with Gasteiger partial charge in [-0.1, -0.05) is 81.7 Å². The molecule has 4 heteroatoms. The number of nitrogens with zero attached hydrogens (tertiary/aromatic N) is 3. The lowest BCUT2D eigenvalue weighted by atomic mass is 9.62. The maximum atomic E-state index is 4.59. The molecule has 0 bridgehead atoms. The van der Waals surface area contributed by atoms with E-state index in [1.807, 2.05) is 37.4 Å². The molecule has 2 aliphatic heterocycles. The van der Waals surface area contributed by atoms with Crippen molar-refractivity contribution in [1.82, 2.24) is 9.62 Å². The van der Waals surface area contributed by atoms with Crippen LogP contribution in [0.25, 0.3) is 0 Å². The summed E-state index contributed by atoms with van der Waals surface area (Å²) in [6, 6.07) is 0. The van der Waals surface area contributed by atoms with Crippen LogP contribution >= 0.6 is 0 Å². The van der Waals surface area contributed by atoms with E-state index in [4.69, 9.17) is 0 Å². The van der Waals surface area contributed by atoms with Crippen LogP contribution < -0.4 is 0 Å². The van der Waals surface area contributed by atoms with Crippen molar-refractivity contribution in [3.05, 3.63) is 110 Å². The van der Waals surface area contributed by atoms with Gasteiger partial charge in [-0.05, 0) is 44.4 Å². The summed E-state index contributed by atoms with van der Waals surface area (Å²) < 4.78 is 0. The van der Waals surface area contributed by atoms with Gasteiger partial charge in [0.15, 0.2) is 0 Å². The highest BCUT2D eigenvalue weighted by atomic mass is 15.3. The molecule has 0 saturated carbocycles. The molecule has 0 radical (unpaired) electrons. The van der Waals surface area contributed by atoms with Gasteiger partial charge in [0.25, 0.3) is 0 Å². The summed E-state index contributed by atoms with van der Waals surface area (Å²) in [5.74, 6) is 0.832. The van der Waals surface area contributed by atoms with Crippen LogP contribution in [0.2, 0.25) is 6.32 Å². The van der Waals surface area contributed by atoms with Gasteiger partial charge in [0.2, 0.25) is 0 Å². The molecule has 3 nitrogen and oxygen atoms in total. The van der Waals surface area contributed by atoms with Crippen LogP contribution in [0.5, 0.6) is 0 Å². The Labute approximate surface area is 177 Å². The highest BCUT2D eigenvalue weighted by Gasteiger charge is 2.41. The minimum atomic E-state index is 0.0458. The van der Waals surface area contributed by atoms with Gasteiger partial charge in [-0.3, -0.25) is 0 Å². The molecule has 0 atom stereocenters. The normalized spacial score (nSPS) is 25.1. The number of allylic oxidation sites excluding steroid dienone is 8. The van der Waals surface area contributed by atoms with Gasteiger partial charge >= 0.3 is 6.98 Å². The van der Waals surface area contributed by atoms with Crippen molar-refractivity contribution in [3.8, 4) is 0 Å². The van der Waals surface area contributed by atoms with Crippen LogP contribution in [0.15, 0.2) is 115 Å². The molecule has 0 aromatic rings. The Morgan fingerprint density at radius 1 is 1.07 bits per heavy atom. The zero-order valence-electron chi connectivity index (χ0n) is 17.7. The molecule has 2 rings (SSSR count). The van der Waals surface area contributed by atoms with E-state index in [0.717, 1.165) is 60.4 Å². The summed E-state index contributed by atoms with van der Waals surface area (Å²) in [6.07, 6.45) is 22.9. The third-order valence-electron chi connectivity index (χ3n) is 5.11. The summed E-state index contributed by atoms with van der Waals surface area (Å²) in [5, 5.41) is 0. The first-order valence-electron chi connectivity index (χ1n) is 10.2. The van der Waals surface area contributed by atoms with Crippen LogP contribution in [0, 0.1) is 0 Å². The Morgan fingerprint density at radius 3 is 2.48 bits per heavy atom. The summed E-state index contributed by atoms with van der Waals surface area (Å²) in [6.45, 7) is 22.4. The standard InChI is InChI=1S/C25H32BN3/c1-7-16-23-24(8-2)29-22(6)19-14-13-18-21(5)17-12-11-15-20-26(29)28(10-4)25(23)27-9-3/h7-10,13-14,16,18-19H,1,3-6,11-12,15,17,20H2,2H3/b18-13-,19-14-,23-16+,24-8+,27-25-. The number of rotatable bonds is 3. The molecule has 0 spiro atoms. The topological polar surface area (TPSA) is 18.8 Å². The molecule has 0 N–H and O–H groups in total. The van der Waals surface area contributed by atoms with E-state index in [-0.39, 0.29) is 6.98 Å². The van der Waals surface area contributed by atoms with Gasteiger partial charge in [0.1, 0.15) is 5.84 Å². The zero-order valence-corrected chi connectivity index (χ0v) is 17.7. The lowest BCUT2D eigenvalue weighted by Gasteiger charge is -2.45. The molecule has 0 unspecified atom stereocenters. The fraction of sp³-hybridized carbons (Fsp3) is 0.240. The molecule has 0 aromatic heterocycles. The van der Waals surface area contributed by atoms with Gasteiger partial charge in [-0.15, -0.1) is 0 Å². The first kappa shape index (κ1) is 22.3. The summed E-state index contributed by atoms with van der Waals surface area (Å²) in [5.41, 5.74) is 4.11. The summed E-state index contributed by atoms with van der Waals surface area (Å²) in [4.78, 5) is 8.98. The quantitative estimate of drug-likeness (QED) is 0.513. The fourth-order valence-corrected chi connectivity index (χ4v) is 3.80. The van der Waals surface area contributed by atoms with Crippen molar-refractivity contribution in [1.29, 1.82) is 0 Å². The largest absolute Gasteiger partial charge is 0.385 e. The Hall–Kier alpha value is -3.01. The summed E-state index contributed by atoms with van der Waals surface area (Å²) in [7, 11) is 0. The molecule has 0 amide bonds. The molecule has 1 saturated heterocycles. The molecule has 0 aromatic carbocycles. The Morgan fingerprint density at radius 2 is 1.83 bits per heavy atom. The first-order valence-corrected chi connectivity index (χ1v) is 10.2. The van der Waals surface area contributed by atoms with Crippen molar-refractivity contribution in [2.24, 2.45) is 4.99 Å². The second-order valence-electron chi connectivity index (χ2n) is 7.03. The number of amidine groups is 1. The average Bonchev–Trinajstić information content (AvgIpc) is 2.72. The summed E-state index contributed by atoms with van der Waals surface area (Å²) >= 11 is 0. The van der Waals surface area contributed by atoms with E-state index < -0.39 is 0 Å². The maximum Gasteiger partial charge on any atom is 0.385 e. The predicted octanol–water partition coefficient (Wildman–Crippen LogP) is 6.55. The van der Waals surface area contributed by atoms with Crippen molar-refractivity contribution < 1.29 is 0 Å². The van der Waals surface area contributed by atoms with E-state index in [2.05, 4.69) is 59.7 Å². The van der Waals surface area contributed by atoms with Crippen LogP contribution in [0.3, 0.4) is 0 Å². The molecule has 1 fully saturated rings. The van der Waals surface area contributed by atoms with E-state index in [1.165, 1.54) is 0 Å². The van der Waals surface area contributed by atoms with Gasteiger partial charge in [-0.25, -0.2) is 4.99 Å². The van der Waals surface area contributed by atoms with Crippen molar-refractivity contribution in [2.75, 3.05) is 0 Å². The lowest BCUT2D eigenvalue weighted by Crippen LogP contribution is -2.56. The van der Waals surface area contributed by atoms with Crippen LogP contribution in [0.4, 0.5) is 0 Å². The molecule has 29 heavy (non-hydrogen) atoms. The van der Waals surface area contributed by atoms with Crippen molar-refractivity contribution in [3.63, 3.8) is 0 Å². The fourth-order valence-electron chi connectivity index (χ4n) is 3.80. The molecule has 150 valence electrons. The number of hydrogen-bond donors (Lipinski definition) is 0. The van der Waals surface area contributed by atoms with Crippen molar-refractivity contribution in [2.45, 2.75) is 38.9 Å². The maximum absolute atomic E-state index is 4.59. The van der Waals surface area contributed by atoms with E-state index in [1.54, 1.807) is 12.3 Å². The predicted molar refractivity (Wildman–Crippen MR) is 129 cm³/mol. The molecule has 0 aliphatic carbocycles. The Bertz CT molecular complexity index is 823. The van der Waals surface area contributed by atoms with Gasteiger partial charge in [-0.2, -0.15) is 0 Å². The van der Waals surface area contributed by atoms with Crippen LogP contribution in [0.1, 0.15) is 32.6 Å². The number of hydrogen-bond acceptors (Lipinski definition) is 2. The van der Waals surface area contributed by atoms with Gasteiger partial charge < -0.3 is 9.62 Å². The van der Waals surface area contributed by atoms with E-state index >= 15 is 0 Å². The minimum Gasteiger partial charge on any atom is -0.366 e. The minimum absolute atomic E-state index is 0.0458. The second-order valence-corrected chi connectivity index (χ2v) is 7.03. The molecular formula is C25H32BN3. The number of aliphatic imine (C=N–C) groups is 1. The van der Waals surface area contributed by atoms with Crippen molar-refractivity contribution >= 4 is 12.8 Å². The van der Waals surface area contributed by atoms with Crippen LogP contribution in [-0.4, -0.2) is 22.4 Å². The SMILES string of the molecule is C=C/C=C1C(=N/C=C)/N(C=C)B2CCCCCC(=C)/C=C\C=C/C(=C)N2C/1=C/C. The zero-order chi connectivity index (χ0) is 21.2. The van der Waals surface area contributed by atoms with Crippen LogP contribution in [-0.2, 0) is 0 Å². The molecule has 2 heterocycles. The third kappa shape index (κ3) is 5.29. The van der Waals surface area contributed by atoms with Gasteiger partial charge in [0.05, 0.1) is 0 Å². The number of fused-ring (bicyclic) bond motifs is 1. The second kappa shape index (κ2) is 11.1. The highest BCUT2D eigenvalue weighted by Crippen LogP contribution is 2.34. The third-order valence-corrected chi connectivity index (χ3v) is 5.11. The average molecular weight is 385 g/mol. The van der Waals surface area contributed by atoms with E-state index in [0.29, 0.717) is 0 Å². The highest BCUT2D eigenvalue weighted by molar-refractivity contribution is 6.59. The Balaban J connectivity index is 2.60. The Kier molecular flexibility index (Phi) is 8.54. The van der Waals surface area contributed by atoms with E-state index in [9.17, 15) is 0 Å². The smallest absolute Gasteiger partial charge is 0.366 e. The molecule has 2 aliphatic rings. The lowest BCUT2D eigenvalue weighted by molar-refractivity contribution is 0.577. The molecular weight excluding hydrogens is 353 g/mol. The van der Waals surface area contributed by atoms with Gasteiger partial charge in [0, 0.05) is 23.2 Å².